The molecule has 148 valence electrons. The Kier molecular flexibility index (Phi) is 6.55. The Balaban J connectivity index is 2.37. The van der Waals surface area contributed by atoms with Crippen molar-refractivity contribution in [2.45, 2.75) is 30.0 Å². The molecule has 0 bridgehead atoms. The molecule has 0 saturated heterocycles. The number of carbonyl (C=O) groups excluding carboxylic acids is 1. The van der Waals surface area contributed by atoms with Crippen LogP contribution >= 0.6 is 34.8 Å². The van der Waals surface area contributed by atoms with E-state index in [2.05, 4.69) is 10.4 Å². The molecular formula is C18H23Cl3N4O2. The van der Waals surface area contributed by atoms with Crippen molar-refractivity contribution < 1.29 is 9.53 Å². The maximum atomic E-state index is 12.1. The summed E-state index contributed by atoms with van der Waals surface area (Å²) in [7, 11) is 3.90. The molecule has 1 amide bonds. The third-order valence-electron chi connectivity index (χ3n) is 3.67. The molecule has 1 aromatic heterocycles. The van der Waals surface area contributed by atoms with E-state index in [0.29, 0.717) is 0 Å². The first kappa shape index (κ1) is 21.7. The summed E-state index contributed by atoms with van der Waals surface area (Å²) in [6.45, 7) is 5.92. The van der Waals surface area contributed by atoms with Crippen LogP contribution < -0.4 is 15.0 Å². The van der Waals surface area contributed by atoms with Crippen molar-refractivity contribution in [1.29, 1.82) is 0 Å². The maximum absolute atomic E-state index is 12.1. The van der Waals surface area contributed by atoms with E-state index in [9.17, 15) is 4.79 Å². The maximum Gasteiger partial charge on any atom is 0.414 e. The average Bonchev–Trinajstić information content (AvgIpc) is 2.96. The van der Waals surface area contributed by atoms with Gasteiger partial charge in [-0.25, -0.2) is 9.48 Å². The van der Waals surface area contributed by atoms with Gasteiger partial charge in [-0.1, -0.05) is 61.6 Å². The predicted molar refractivity (Wildman–Crippen MR) is 111 cm³/mol. The molecule has 1 N–H and O–H groups in total. The van der Waals surface area contributed by atoms with Crippen molar-refractivity contribution >= 4 is 46.6 Å². The van der Waals surface area contributed by atoms with Gasteiger partial charge >= 0.3 is 6.09 Å². The van der Waals surface area contributed by atoms with Crippen molar-refractivity contribution in [3.05, 3.63) is 36.0 Å². The van der Waals surface area contributed by atoms with Gasteiger partial charge in [0.1, 0.15) is 0 Å². The highest BCUT2D eigenvalue weighted by Gasteiger charge is 2.24. The molecule has 0 spiro atoms. The number of amides is 1. The van der Waals surface area contributed by atoms with Gasteiger partial charge in [0, 0.05) is 31.3 Å². The molecule has 0 saturated carbocycles. The second kappa shape index (κ2) is 8.17. The zero-order valence-electron chi connectivity index (χ0n) is 15.9. The van der Waals surface area contributed by atoms with Crippen LogP contribution in [0.4, 0.5) is 10.5 Å². The Labute approximate surface area is 174 Å². The predicted octanol–water partition coefficient (Wildman–Crippen LogP) is 4.69. The smallest absolute Gasteiger partial charge is 0.391 e. The van der Waals surface area contributed by atoms with Crippen molar-refractivity contribution in [3.63, 3.8) is 0 Å². The van der Waals surface area contributed by atoms with E-state index in [0.717, 1.165) is 17.1 Å². The van der Waals surface area contributed by atoms with Gasteiger partial charge in [-0.05, 0) is 18.2 Å². The summed E-state index contributed by atoms with van der Waals surface area (Å²) >= 11 is 17.0. The zero-order valence-corrected chi connectivity index (χ0v) is 18.2. The molecule has 27 heavy (non-hydrogen) atoms. The number of carbonyl (C=O) groups is 1. The molecule has 0 atom stereocenters. The first-order chi connectivity index (χ1) is 12.4. The van der Waals surface area contributed by atoms with Crippen LogP contribution in [-0.4, -0.2) is 40.3 Å². The van der Waals surface area contributed by atoms with E-state index in [4.69, 9.17) is 39.5 Å². The van der Waals surface area contributed by atoms with Crippen molar-refractivity contribution in [3.8, 4) is 11.6 Å². The first-order valence-electron chi connectivity index (χ1n) is 8.27. The van der Waals surface area contributed by atoms with Gasteiger partial charge in [0.05, 0.1) is 17.9 Å². The summed E-state index contributed by atoms with van der Waals surface area (Å²) in [4.78, 5) is 14.1. The highest BCUT2D eigenvalue weighted by Crippen LogP contribution is 2.29. The van der Waals surface area contributed by atoms with Crippen molar-refractivity contribution in [2.24, 2.45) is 0 Å². The lowest BCUT2D eigenvalue weighted by molar-refractivity contribution is 0.197. The van der Waals surface area contributed by atoms with Gasteiger partial charge in [-0.2, -0.15) is 5.10 Å². The Morgan fingerprint density at radius 3 is 2.44 bits per heavy atom. The normalized spacial score (nSPS) is 12.0. The lowest BCUT2D eigenvalue weighted by Gasteiger charge is -2.15. The second-order valence-electron chi connectivity index (χ2n) is 7.30. The number of rotatable bonds is 4. The standard InChI is InChI=1S/C18H23Cl3N4O2/c1-17(2,3)14-10-15(27-16(26)22-11-18(19,20)21)25(23-14)13-8-6-7-12(9-13)24(4)5/h6-10H,11H2,1-5H3,(H,22,26). The monoisotopic (exact) mass is 432 g/mol. The lowest BCUT2D eigenvalue weighted by Crippen LogP contribution is -2.34. The minimum absolute atomic E-state index is 0.174. The van der Waals surface area contributed by atoms with Crippen LogP contribution in [0.3, 0.4) is 0 Å². The number of anilines is 1. The number of ether oxygens (including phenoxy) is 1. The van der Waals surface area contributed by atoms with Crippen LogP contribution in [0.2, 0.25) is 0 Å². The zero-order chi connectivity index (χ0) is 20.4. The number of nitrogens with one attached hydrogen (secondary N) is 1. The largest absolute Gasteiger partial charge is 0.414 e. The number of aromatic nitrogens is 2. The molecule has 0 aliphatic carbocycles. The number of halogens is 3. The van der Waals surface area contributed by atoms with Gasteiger partial charge in [-0.3, -0.25) is 0 Å². The van der Waals surface area contributed by atoms with Gasteiger partial charge in [-0.15, -0.1) is 0 Å². The summed E-state index contributed by atoms with van der Waals surface area (Å²) in [5.74, 6) is 0.276. The van der Waals surface area contributed by atoms with Gasteiger partial charge in [0.15, 0.2) is 0 Å². The summed E-state index contributed by atoms with van der Waals surface area (Å²) in [5, 5.41) is 7.05. The molecule has 0 fully saturated rings. The minimum atomic E-state index is -1.60. The van der Waals surface area contributed by atoms with Gasteiger partial charge < -0.3 is 15.0 Å². The first-order valence-corrected chi connectivity index (χ1v) is 9.41. The number of nitrogens with zero attached hydrogens (tertiary/aromatic N) is 3. The van der Waals surface area contributed by atoms with Crippen LogP contribution in [0.25, 0.3) is 5.69 Å². The molecule has 2 aromatic rings. The summed E-state index contributed by atoms with van der Waals surface area (Å²) in [6.07, 6.45) is -0.730. The molecule has 0 aliphatic heterocycles. The van der Waals surface area contributed by atoms with E-state index in [1.165, 1.54) is 0 Å². The molecular weight excluding hydrogens is 411 g/mol. The van der Waals surface area contributed by atoms with Crippen molar-refractivity contribution in [2.75, 3.05) is 25.5 Å². The van der Waals surface area contributed by atoms with E-state index < -0.39 is 9.89 Å². The highest BCUT2D eigenvalue weighted by atomic mass is 35.6. The molecule has 1 heterocycles. The highest BCUT2D eigenvalue weighted by molar-refractivity contribution is 6.67. The molecule has 0 unspecified atom stereocenters. The topological polar surface area (TPSA) is 59.4 Å². The molecule has 1 aromatic carbocycles. The van der Waals surface area contributed by atoms with Crippen LogP contribution in [0.1, 0.15) is 26.5 Å². The third-order valence-corrected chi connectivity index (χ3v) is 4.07. The average molecular weight is 434 g/mol. The minimum Gasteiger partial charge on any atom is -0.391 e. The lowest BCUT2D eigenvalue weighted by atomic mass is 9.93. The van der Waals surface area contributed by atoms with E-state index in [-0.39, 0.29) is 17.8 Å². The fraction of sp³-hybridized carbons (Fsp3) is 0.444. The summed E-state index contributed by atoms with van der Waals surface area (Å²) in [6, 6.07) is 9.46. The number of benzene rings is 1. The quantitative estimate of drug-likeness (QED) is 0.710. The van der Waals surface area contributed by atoms with E-state index in [1.807, 2.05) is 64.0 Å². The third kappa shape index (κ3) is 6.19. The summed E-state index contributed by atoms with van der Waals surface area (Å²) in [5.41, 5.74) is 2.31. The van der Waals surface area contributed by atoms with E-state index >= 15 is 0 Å². The number of hydrogen-bond donors (Lipinski definition) is 1. The Bertz CT molecular complexity index is 808. The second-order valence-corrected chi connectivity index (χ2v) is 9.82. The molecule has 0 radical (unpaired) electrons. The summed E-state index contributed by atoms with van der Waals surface area (Å²) < 4.78 is 5.42. The fourth-order valence-electron chi connectivity index (χ4n) is 2.19. The number of hydrogen-bond acceptors (Lipinski definition) is 4. The Morgan fingerprint density at radius 1 is 1.22 bits per heavy atom. The number of alkyl halides is 3. The van der Waals surface area contributed by atoms with Crippen LogP contribution in [0, 0.1) is 0 Å². The molecule has 0 aliphatic rings. The SMILES string of the molecule is CN(C)c1cccc(-n2nc(C(C)(C)C)cc2OC(=O)NCC(Cl)(Cl)Cl)c1. The molecule has 6 nitrogen and oxygen atoms in total. The van der Waals surface area contributed by atoms with Gasteiger partial charge in [0.25, 0.3) is 0 Å². The molecule has 9 heteroatoms. The van der Waals surface area contributed by atoms with Gasteiger partial charge in [0.2, 0.25) is 9.67 Å². The van der Waals surface area contributed by atoms with Crippen LogP contribution in [-0.2, 0) is 5.41 Å². The van der Waals surface area contributed by atoms with Crippen molar-refractivity contribution in [1.82, 2.24) is 15.1 Å². The Morgan fingerprint density at radius 2 is 1.89 bits per heavy atom. The van der Waals surface area contributed by atoms with Crippen LogP contribution in [0.15, 0.2) is 30.3 Å². The fourth-order valence-corrected chi connectivity index (χ4v) is 2.40. The van der Waals surface area contributed by atoms with E-state index in [1.54, 1.807) is 10.7 Å². The molecule has 2 rings (SSSR count). The Hall–Kier alpha value is -1.63. The van der Waals surface area contributed by atoms with Crippen LogP contribution in [0.5, 0.6) is 5.88 Å².